The second-order valence-electron chi connectivity index (χ2n) is 3.01. The molecule has 0 amide bonds. The van der Waals surface area contributed by atoms with Crippen LogP contribution in [0.5, 0.6) is 0 Å². The van der Waals surface area contributed by atoms with Crippen LogP contribution in [0.25, 0.3) is 0 Å². The molecule has 0 saturated carbocycles. The van der Waals surface area contributed by atoms with E-state index in [1.54, 1.807) is 0 Å². The second-order valence-corrected chi connectivity index (χ2v) is 3.54. The maximum Gasteiger partial charge on any atom is 0.0733 e. The number of hydrogen-bond donors (Lipinski definition) is 2. The molecular weight excluding hydrogens is 180 g/mol. The quantitative estimate of drug-likeness (QED) is 0.712. The van der Waals surface area contributed by atoms with Gasteiger partial charge in [0.05, 0.1) is 4.99 Å². The van der Waals surface area contributed by atoms with Gasteiger partial charge in [0.15, 0.2) is 0 Å². The largest absolute Gasteiger partial charge is 0.393 e. The summed E-state index contributed by atoms with van der Waals surface area (Å²) in [5.41, 5.74) is 12.3. The summed E-state index contributed by atoms with van der Waals surface area (Å²) in [6.45, 7) is 0.585. The van der Waals surface area contributed by atoms with E-state index in [1.165, 1.54) is 5.56 Å². The van der Waals surface area contributed by atoms with Crippen molar-refractivity contribution in [2.45, 2.75) is 12.3 Å². The Morgan fingerprint density at radius 2 is 1.92 bits per heavy atom. The molecule has 0 aromatic heterocycles. The zero-order valence-electron chi connectivity index (χ0n) is 7.44. The molecule has 3 heteroatoms. The van der Waals surface area contributed by atoms with Gasteiger partial charge in [-0.1, -0.05) is 42.5 Å². The molecule has 70 valence electrons. The fraction of sp³-hybridized carbons (Fsp3) is 0.300. The van der Waals surface area contributed by atoms with Gasteiger partial charge >= 0.3 is 0 Å². The van der Waals surface area contributed by atoms with E-state index in [1.807, 2.05) is 18.2 Å². The third kappa shape index (κ3) is 3.13. The van der Waals surface area contributed by atoms with Gasteiger partial charge < -0.3 is 11.5 Å². The van der Waals surface area contributed by atoms with Crippen molar-refractivity contribution in [3.8, 4) is 0 Å². The van der Waals surface area contributed by atoms with Gasteiger partial charge in [-0.2, -0.15) is 0 Å². The number of rotatable bonds is 4. The first-order valence-electron chi connectivity index (χ1n) is 4.27. The first-order valence-corrected chi connectivity index (χ1v) is 4.68. The minimum absolute atomic E-state index is 0.263. The molecule has 2 nitrogen and oxygen atoms in total. The number of benzene rings is 1. The van der Waals surface area contributed by atoms with Crippen molar-refractivity contribution >= 4 is 17.2 Å². The van der Waals surface area contributed by atoms with Gasteiger partial charge in [0.1, 0.15) is 0 Å². The third-order valence-electron chi connectivity index (χ3n) is 2.00. The van der Waals surface area contributed by atoms with Gasteiger partial charge in [-0.05, 0) is 12.1 Å². The summed E-state index contributed by atoms with van der Waals surface area (Å²) in [6.07, 6.45) is 0.690. The van der Waals surface area contributed by atoms with Gasteiger partial charge in [-0.3, -0.25) is 0 Å². The van der Waals surface area contributed by atoms with Crippen molar-refractivity contribution < 1.29 is 0 Å². The standard InChI is InChI=1S/C10H14N2S/c11-7-9(6-10(12)13)8-4-2-1-3-5-8/h1-5,9H,6-7,11H2,(H2,12,13). The molecule has 1 aromatic rings. The molecule has 1 rings (SSSR count). The molecule has 1 aromatic carbocycles. The molecule has 13 heavy (non-hydrogen) atoms. The normalized spacial score (nSPS) is 12.4. The zero-order valence-corrected chi connectivity index (χ0v) is 8.26. The Hall–Kier alpha value is -0.930. The van der Waals surface area contributed by atoms with Crippen LogP contribution >= 0.6 is 12.2 Å². The Kier molecular flexibility index (Phi) is 3.86. The van der Waals surface area contributed by atoms with Gasteiger partial charge in [0, 0.05) is 12.3 Å². The summed E-state index contributed by atoms with van der Waals surface area (Å²) in [7, 11) is 0. The summed E-state index contributed by atoms with van der Waals surface area (Å²) in [6, 6.07) is 10.1. The average molecular weight is 194 g/mol. The van der Waals surface area contributed by atoms with Crippen LogP contribution in [-0.2, 0) is 0 Å². The molecule has 0 aliphatic carbocycles. The van der Waals surface area contributed by atoms with Crippen molar-refractivity contribution in [3.63, 3.8) is 0 Å². The molecule has 0 fully saturated rings. The first-order chi connectivity index (χ1) is 6.24. The van der Waals surface area contributed by atoms with Crippen molar-refractivity contribution in [2.75, 3.05) is 6.54 Å². The highest BCUT2D eigenvalue weighted by Gasteiger charge is 2.09. The van der Waals surface area contributed by atoms with Crippen molar-refractivity contribution in [1.82, 2.24) is 0 Å². The summed E-state index contributed by atoms with van der Waals surface area (Å²) < 4.78 is 0. The number of thiocarbonyl (C=S) groups is 1. The molecule has 4 N–H and O–H groups in total. The van der Waals surface area contributed by atoms with Crippen LogP contribution in [0.2, 0.25) is 0 Å². The maximum absolute atomic E-state index is 5.64. The molecule has 0 heterocycles. The predicted molar refractivity (Wildman–Crippen MR) is 59.6 cm³/mol. The number of nitrogens with two attached hydrogens (primary N) is 2. The molecular formula is C10H14N2S. The fourth-order valence-corrected chi connectivity index (χ4v) is 1.51. The van der Waals surface area contributed by atoms with Crippen molar-refractivity contribution in [1.29, 1.82) is 0 Å². The van der Waals surface area contributed by atoms with Crippen LogP contribution in [0.15, 0.2) is 30.3 Å². The molecule has 0 radical (unpaired) electrons. The highest BCUT2D eigenvalue weighted by atomic mass is 32.1. The van der Waals surface area contributed by atoms with E-state index in [9.17, 15) is 0 Å². The molecule has 0 saturated heterocycles. The SMILES string of the molecule is NCC(CC(N)=S)c1ccccc1. The minimum atomic E-state index is 0.263. The van der Waals surface area contributed by atoms with E-state index < -0.39 is 0 Å². The van der Waals surface area contributed by atoms with Crippen LogP contribution in [0.4, 0.5) is 0 Å². The van der Waals surface area contributed by atoms with E-state index in [0.29, 0.717) is 18.0 Å². The Morgan fingerprint density at radius 1 is 1.31 bits per heavy atom. The second kappa shape index (κ2) is 4.94. The Morgan fingerprint density at radius 3 is 2.38 bits per heavy atom. The van der Waals surface area contributed by atoms with Gasteiger partial charge in [-0.25, -0.2) is 0 Å². The van der Waals surface area contributed by atoms with E-state index in [2.05, 4.69) is 12.1 Å². The Bertz CT molecular complexity index is 272. The molecule has 0 bridgehead atoms. The highest BCUT2D eigenvalue weighted by molar-refractivity contribution is 7.80. The molecule has 0 aliphatic heterocycles. The molecule has 0 spiro atoms. The van der Waals surface area contributed by atoms with E-state index in [0.717, 1.165) is 0 Å². The number of hydrogen-bond acceptors (Lipinski definition) is 2. The lowest BCUT2D eigenvalue weighted by molar-refractivity contribution is 0.730. The van der Waals surface area contributed by atoms with Crippen LogP contribution in [0.1, 0.15) is 17.9 Å². The van der Waals surface area contributed by atoms with E-state index in [4.69, 9.17) is 23.7 Å². The topological polar surface area (TPSA) is 52.0 Å². The summed E-state index contributed by atoms with van der Waals surface area (Å²) in [5.74, 6) is 0.263. The van der Waals surface area contributed by atoms with E-state index >= 15 is 0 Å². The molecule has 1 unspecified atom stereocenters. The Balaban J connectivity index is 2.73. The van der Waals surface area contributed by atoms with Crippen molar-refractivity contribution in [2.24, 2.45) is 11.5 Å². The van der Waals surface area contributed by atoms with Gasteiger partial charge in [0.2, 0.25) is 0 Å². The van der Waals surface area contributed by atoms with Crippen molar-refractivity contribution in [3.05, 3.63) is 35.9 Å². The summed E-state index contributed by atoms with van der Waals surface area (Å²) in [5, 5.41) is 0. The van der Waals surface area contributed by atoms with Gasteiger partial charge in [-0.15, -0.1) is 0 Å². The fourth-order valence-electron chi connectivity index (χ4n) is 1.31. The summed E-state index contributed by atoms with van der Waals surface area (Å²) in [4.78, 5) is 0.527. The third-order valence-corrected chi connectivity index (χ3v) is 2.17. The Labute approximate surface area is 83.9 Å². The predicted octanol–water partition coefficient (Wildman–Crippen LogP) is 1.41. The smallest absolute Gasteiger partial charge is 0.0733 e. The van der Waals surface area contributed by atoms with E-state index in [-0.39, 0.29) is 5.92 Å². The monoisotopic (exact) mass is 194 g/mol. The maximum atomic E-state index is 5.64. The van der Waals surface area contributed by atoms with Gasteiger partial charge in [0.25, 0.3) is 0 Å². The lowest BCUT2D eigenvalue weighted by Crippen LogP contribution is -2.19. The lowest BCUT2D eigenvalue weighted by atomic mass is 9.96. The molecule has 1 atom stereocenters. The highest BCUT2D eigenvalue weighted by Crippen LogP contribution is 2.17. The first kappa shape index (κ1) is 10.2. The zero-order chi connectivity index (χ0) is 9.68. The summed E-state index contributed by atoms with van der Waals surface area (Å²) >= 11 is 4.86. The average Bonchev–Trinajstić information content (AvgIpc) is 2.15. The van der Waals surface area contributed by atoms with Crippen LogP contribution < -0.4 is 11.5 Å². The lowest BCUT2D eigenvalue weighted by Gasteiger charge is -2.13. The van der Waals surface area contributed by atoms with Crippen LogP contribution in [0.3, 0.4) is 0 Å². The van der Waals surface area contributed by atoms with Crippen LogP contribution in [-0.4, -0.2) is 11.5 Å². The molecule has 0 aliphatic rings. The minimum Gasteiger partial charge on any atom is -0.393 e. The van der Waals surface area contributed by atoms with Crippen LogP contribution in [0, 0.1) is 0 Å².